The second kappa shape index (κ2) is 38.3. The summed E-state index contributed by atoms with van der Waals surface area (Å²) in [6.45, 7) is 4.07. The molecule has 0 spiro atoms. The monoisotopic (exact) mass is 659 g/mol. The Bertz CT molecular complexity index is 797. The number of rotatable bonds is 35. The van der Waals surface area contributed by atoms with E-state index in [1.165, 1.54) is 96.3 Å². The van der Waals surface area contributed by atoms with Crippen LogP contribution in [0.3, 0.4) is 0 Å². The number of aliphatic hydroxyl groups is 1. The third kappa shape index (κ3) is 36.5. The Labute approximate surface area is 290 Å². The maximum Gasteiger partial charge on any atom is 0.306 e. The first-order valence-corrected chi connectivity index (χ1v) is 19.7. The number of hydrogen-bond acceptors (Lipinski definition) is 5. The van der Waals surface area contributed by atoms with Crippen LogP contribution >= 0.6 is 0 Å². The molecule has 0 heterocycles. The number of unbranched alkanes of at least 4 members (excludes halogenated alkanes) is 19. The van der Waals surface area contributed by atoms with E-state index >= 15 is 0 Å². The second-order valence-electron chi connectivity index (χ2n) is 13.0. The van der Waals surface area contributed by atoms with Gasteiger partial charge in [0.25, 0.3) is 0 Å². The minimum Gasteiger partial charge on any atom is -0.462 e. The quantitative estimate of drug-likeness (QED) is 0.0417. The summed E-state index contributed by atoms with van der Waals surface area (Å²) >= 11 is 0. The Hall–Kier alpha value is -2.14. The lowest BCUT2D eigenvalue weighted by Gasteiger charge is -2.15. The van der Waals surface area contributed by atoms with Crippen LogP contribution in [0.4, 0.5) is 0 Å². The highest BCUT2D eigenvalue weighted by atomic mass is 16.6. The summed E-state index contributed by atoms with van der Waals surface area (Å²) in [6, 6.07) is 0. The number of ether oxygens (including phenoxy) is 2. The molecule has 0 bridgehead atoms. The van der Waals surface area contributed by atoms with Crippen molar-refractivity contribution in [3.05, 3.63) is 48.6 Å². The molecule has 0 saturated heterocycles. The van der Waals surface area contributed by atoms with Crippen molar-refractivity contribution in [1.82, 2.24) is 0 Å². The molecule has 0 aromatic carbocycles. The van der Waals surface area contributed by atoms with Crippen molar-refractivity contribution >= 4 is 11.9 Å². The highest BCUT2D eigenvalue weighted by molar-refractivity contribution is 5.70. The molecule has 0 aromatic heterocycles. The van der Waals surface area contributed by atoms with Crippen molar-refractivity contribution in [1.29, 1.82) is 0 Å². The van der Waals surface area contributed by atoms with Gasteiger partial charge in [-0.05, 0) is 77.0 Å². The van der Waals surface area contributed by atoms with E-state index in [9.17, 15) is 14.7 Å². The van der Waals surface area contributed by atoms with E-state index in [0.29, 0.717) is 12.8 Å². The maximum atomic E-state index is 12.2. The van der Waals surface area contributed by atoms with Crippen LogP contribution in [0.15, 0.2) is 48.6 Å². The molecule has 1 atom stereocenters. The van der Waals surface area contributed by atoms with E-state index < -0.39 is 6.10 Å². The Morgan fingerprint density at radius 2 is 0.851 bits per heavy atom. The molecule has 0 radical (unpaired) electrons. The second-order valence-corrected chi connectivity index (χ2v) is 13.0. The molecule has 47 heavy (non-hydrogen) atoms. The molecule has 272 valence electrons. The number of esters is 2. The summed E-state index contributed by atoms with van der Waals surface area (Å²) in [5.74, 6) is -0.617. The van der Waals surface area contributed by atoms with Gasteiger partial charge >= 0.3 is 11.9 Å². The SMILES string of the molecule is CCCCC/C=C\C/C=C\CCCCCCCC(=O)OCC(CO)OC(=O)CCCCCCCCC/C=C\C/C=C\CCCCCC. The zero-order valence-electron chi connectivity index (χ0n) is 30.8. The van der Waals surface area contributed by atoms with Crippen LogP contribution in [0.5, 0.6) is 0 Å². The summed E-state index contributed by atoms with van der Waals surface area (Å²) in [7, 11) is 0. The van der Waals surface area contributed by atoms with Gasteiger partial charge in [0, 0.05) is 12.8 Å². The minimum absolute atomic E-state index is 0.0770. The normalized spacial score (nSPS) is 12.7. The predicted molar refractivity (Wildman–Crippen MR) is 200 cm³/mol. The lowest BCUT2D eigenvalue weighted by molar-refractivity contribution is -0.161. The van der Waals surface area contributed by atoms with Gasteiger partial charge in [-0.2, -0.15) is 0 Å². The molecular weight excluding hydrogens is 584 g/mol. The first-order valence-electron chi connectivity index (χ1n) is 19.7. The summed E-state index contributed by atoms with van der Waals surface area (Å²) in [4.78, 5) is 24.2. The van der Waals surface area contributed by atoms with Gasteiger partial charge in [-0.15, -0.1) is 0 Å². The number of allylic oxidation sites excluding steroid dienone is 8. The number of carbonyl (C=O) groups excluding carboxylic acids is 2. The molecule has 0 aromatic rings. The van der Waals surface area contributed by atoms with Crippen LogP contribution in [0.2, 0.25) is 0 Å². The highest BCUT2D eigenvalue weighted by Gasteiger charge is 2.16. The zero-order valence-corrected chi connectivity index (χ0v) is 30.8. The molecule has 5 nitrogen and oxygen atoms in total. The Morgan fingerprint density at radius 1 is 0.489 bits per heavy atom. The molecule has 0 fully saturated rings. The van der Waals surface area contributed by atoms with Crippen molar-refractivity contribution in [2.75, 3.05) is 13.2 Å². The molecular formula is C42H74O5. The van der Waals surface area contributed by atoms with Crippen LogP contribution in [0.1, 0.15) is 187 Å². The van der Waals surface area contributed by atoms with Crippen LogP contribution in [0.25, 0.3) is 0 Å². The molecule has 0 amide bonds. The van der Waals surface area contributed by atoms with E-state index in [1.807, 2.05) is 0 Å². The van der Waals surface area contributed by atoms with Crippen molar-refractivity contribution < 1.29 is 24.2 Å². The molecule has 1 unspecified atom stereocenters. The molecule has 5 heteroatoms. The van der Waals surface area contributed by atoms with Crippen LogP contribution < -0.4 is 0 Å². The fourth-order valence-electron chi connectivity index (χ4n) is 5.32. The molecule has 0 rings (SSSR count). The first kappa shape index (κ1) is 44.9. The molecule has 0 aliphatic heterocycles. The van der Waals surface area contributed by atoms with E-state index in [-0.39, 0.29) is 25.2 Å². The largest absolute Gasteiger partial charge is 0.462 e. The van der Waals surface area contributed by atoms with E-state index in [1.54, 1.807) is 0 Å². The standard InChI is InChI=1S/C42H74O5/c1-3-5-7-9-11-13-15-17-19-20-21-23-25-27-29-31-33-35-37-42(45)47-40(38-43)39-46-41(44)36-34-32-30-28-26-24-22-18-16-14-12-10-8-6-4-2/h12-15,18-20,22,40,43H,3-11,16-17,21,23-39H2,1-2H3/b14-12-,15-13-,20-19-,22-18-. The first-order chi connectivity index (χ1) is 23.1. The average molecular weight is 659 g/mol. The van der Waals surface area contributed by atoms with Gasteiger partial charge < -0.3 is 14.6 Å². The molecule has 0 aliphatic rings. The molecule has 0 saturated carbocycles. The molecule has 0 aliphatic carbocycles. The van der Waals surface area contributed by atoms with Gasteiger partial charge in [0.15, 0.2) is 6.10 Å². The fraction of sp³-hybridized carbons (Fsp3) is 0.762. The van der Waals surface area contributed by atoms with Gasteiger partial charge in [0.2, 0.25) is 0 Å². The van der Waals surface area contributed by atoms with E-state index in [0.717, 1.165) is 64.2 Å². The summed E-state index contributed by atoms with van der Waals surface area (Å²) in [6.07, 6.45) is 47.3. The lowest BCUT2D eigenvalue weighted by Crippen LogP contribution is -2.28. The number of aliphatic hydroxyl groups excluding tert-OH is 1. The number of carbonyl (C=O) groups is 2. The van der Waals surface area contributed by atoms with Crippen LogP contribution in [0, 0.1) is 0 Å². The average Bonchev–Trinajstić information content (AvgIpc) is 3.07. The Kier molecular flexibility index (Phi) is 36.6. The topological polar surface area (TPSA) is 72.8 Å². The van der Waals surface area contributed by atoms with Crippen LogP contribution in [-0.2, 0) is 19.1 Å². The van der Waals surface area contributed by atoms with Crippen LogP contribution in [-0.4, -0.2) is 36.4 Å². The Balaban J connectivity index is 3.60. The van der Waals surface area contributed by atoms with Gasteiger partial charge in [0.05, 0.1) is 6.61 Å². The predicted octanol–water partition coefficient (Wildman–Crippen LogP) is 12.2. The van der Waals surface area contributed by atoms with Crippen molar-refractivity contribution in [3.8, 4) is 0 Å². The Morgan fingerprint density at radius 3 is 1.30 bits per heavy atom. The van der Waals surface area contributed by atoms with Crippen molar-refractivity contribution in [3.63, 3.8) is 0 Å². The van der Waals surface area contributed by atoms with Gasteiger partial charge in [0.1, 0.15) is 6.61 Å². The van der Waals surface area contributed by atoms with Gasteiger partial charge in [-0.1, -0.05) is 146 Å². The van der Waals surface area contributed by atoms with Gasteiger partial charge in [-0.25, -0.2) is 0 Å². The summed E-state index contributed by atoms with van der Waals surface area (Å²) < 4.78 is 10.6. The number of hydrogen-bond donors (Lipinski definition) is 1. The van der Waals surface area contributed by atoms with Gasteiger partial charge in [-0.3, -0.25) is 9.59 Å². The summed E-state index contributed by atoms with van der Waals surface area (Å²) in [5.41, 5.74) is 0. The van der Waals surface area contributed by atoms with E-state index in [2.05, 4.69) is 62.5 Å². The van der Waals surface area contributed by atoms with Crippen molar-refractivity contribution in [2.45, 2.75) is 193 Å². The third-order valence-electron chi connectivity index (χ3n) is 8.35. The smallest absolute Gasteiger partial charge is 0.306 e. The maximum absolute atomic E-state index is 12.2. The highest BCUT2D eigenvalue weighted by Crippen LogP contribution is 2.12. The third-order valence-corrected chi connectivity index (χ3v) is 8.35. The zero-order chi connectivity index (χ0) is 34.3. The summed E-state index contributed by atoms with van der Waals surface area (Å²) in [5, 5.41) is 9.55. The minimum atomic E-state index is -0.781. The lowest BCUT2D eigenvalue weighted by atomic mass is 10.1. The van der Waals surface area contributed by atoms with E-state index in [4.69, 9.17) is 9.47 Å². The molecule has 1 N–H and O–H groups in total. The van der Waals surface area contributed by atoms with Crippen molar-refractivity contribution in [2.24, 2.45) is 0 Å². The fourth-order valence-corrected chi connectivity index (χ4v) is 5.32.